The Morgan fingerprint density at radius 2 is 1.93 bits per heavy atom. The number of amides is 2. The second-order valence-electron chi connectivity index (χ2n) is 6.34. The Labute approximate surface area is 161 Å². The Kier molecular flexibility index (Phi) is 5.09. The first-order chi connectivity index (χ1) is 13.1. The molecule has 2 N–H and O–H groups in total. The molecule has 0 fully saturated rings. The summed E-state index contributed by atoms with van der Waals surface area (Å²) >= 11 is 0. The lowest BCUT2D eigenvalue weighted by Crippen LogP contribution is -2.34. The van der Waals surface area contributed by atoms with Crippen LogP contribution in [0.5, 0.6) is 5.75 Å². The van der Waals surface area contributed by atoms with Crippen LogP contribution in [-0.2, 0) is 14.8 Å². The van der Waals surface area contributed by atoms with Crippen LogP contribution in [0, 0.1) is 5.82 Å². The molecule has 148 valence electrons. The topological polar surface area (TPSA) is 105 Å². The number of hydrogen-bond donors (Lipinski definition) is 2. The number of anilines is 2. The number of ether oxygens (including phenoxy) is 1. The zero-order valence-corrected chi connectivity index (χ0v) is 16.1. The molecule has 0 aliphatic carbocycles. The molecule has 8 nitrogen and oxygen atoms in total. The first-order valence-corrected chi connectivity index (χ1v) is 9.68. The quantitative estimate of drug-likeness (QED) is 0.807. The summed E-state index contributed by atoms with van der Waals surface area (Å²) in [6.45, 7) is 1.60. The molecule has 0 spiro atoms. The fraction of sp³-hybridized carbons (Fsp3) is 0.222. The van der Waals surface area contributed by atoms with E-state index in [2.05, 4.69) is 10.6 Å². The summed E-state index contributed by atoms with van der Waals surface area (Å²) in [5, 5.41) is 5.13. The Morgan fingerprint density at radius 1 is 1.21 bits per heavy atom. The van der Waals surface area contributed by atoms with Gasteiger partial charge in [0.15, 0.2) is 6.10 Å². The van der Waals surface area contributed by atoms with Gasteiger partial charge in [0.25, 0.3) is 11.8 Å². The third-order valence-electron chi connectivity index (χ3n) is 4.13. The number of nitrogens with one attached hydrogen (secondary N) is 2. The fourth-order valence-corrected chi connectivity index (χ4v) is 3.46. The van der Waals surface area contributed by atoms with Gasteiger partial charge in [0, 0.05) is 19.8 Å². The predicted molar refractivity (Wildman–Crippen MR) is 100 cm³/mol. The molecule has 3 rings (SSSR count). The summed E-state index contributed by atoms with van der Waals surface area (Å²) in [6.07, 6.45) is -0.636. The van der Waals surface area contributed by atoms with Gasteiger partial charge in [-0.3, -0.25) is 9.59 Å². The maximum Gasteiger partial charge on any atom is 0.265 e. The van der Waals surface area contributed by atoms with Gasteiger partial charge in [-0.15, -0.1) is 0 Å². The average molecular weight is 407 g/mol. The van der Waals surface area contributed by atoms with Gasteiger partial charge in [0.05, 0.1) is 16.1 Å². The monoisotopic (exact) mass is 407 g/mol. The Hall–Kier alpha value is -2.98. The minimum Gasteiger partial charge on any atom is -0.479 e. The van der Waals surface area contributed by atoms with Crippen molar-refractivity contribution in [3.05, 3.63) is 47.8 Å². The van der Waals surface area contributed by atoms with Crippen molar-refractivity contribution in [2.24, 2.45) is 0 Å². The van der Waals surface area contributed by atoms with E-state index in [4.69, 9.17) is 4.74 Å². The van der Waals surface area contributed by atoms with Crippen LogP contribution >= 0.6 is 0 Å². The van der Waals surface area contributed by atoms with Crippen LogP contribution in [0.3, 0.4) is 0 Å². The van der Waals surface area contributed by atoms with Crippen molar-refractivity contribution in [1.29, 1.82) is 0 Å². The van der Waals surface area contributed by atoms with Gasteiger partial charge in [-0.05, 0) is 43.3 Å². The second kappa shape index (κ2) is 7.21. The summed E-state index contributed by atoms with van der Waals surface area (Å²) < 4.78 is 45.0. The zero-order chi connectivity index (χ0) is 20.6. The maximum absolute atomic E-state index is 14.1. The minimum atomic E-state index is -3.82. The van der Waals surface area contributed by atoms with Crippen molar-refractivity contribution < 1.29 is 27.1 Å². The van der Waals surface area contributed by atoms with Crippen molar-refractivity contribution >= 4 is 33.2 Å². The van der Waals surface area contributed by atoms with E-state index in [0.29, 0.717) is 11.4 Å². The van der Waals surface area contributed by atoms with E-state index in [0.717, 1.165) is 22.5 Å². The molecule has 2 aromatic rings. The van der Waals surface area contributed by atoms with Crippen LogP contribution < -0.4 is 15.4 Å². The predicted octanol–water partition coefficient (Wildman–Crippen LogP) is 2.05. The summed E-state index contributed by atoms with van der Waals surface area (Å²) in [5.74, 6) is -1.58. The molecule has 1 aliphatic rings. The number of hydrogen-bond acceptors (Lipinski definition) is 5. The molecule has 1 aliphatic heterocycles. The third-order valence-corrected chi connectivity index (χ3v) is 5.94. The Bertz CT molecular complexity index is 1070. The van der Waals surface area contributed by atoms with Crippen molar-refractivity contribution in [2.75, 3.05) is 24.7 Å². The molecular formula is C18H18FN3O5S. The average Bonchev–Trinajstić information content (AvgIpc) is 2.63. The van der Waals surface area contributed by atoms with Crippen LogP contribution in [0.2, 0.25) is 0 Å². The molecule has 28 heavy (non-hydrogen) atoms. The highest BCUT2D eigenvalue weighted by Crippen LogP contribution is 2.32. The lowest BCUT2D eigenvalue weighted by atomic mass is 10.1. The van der Waals surface area contributed by atoms with Crippen LogP contribution in [-0.4, -0.2) is 44.7 Å². The van der Waals surface area contributed by atoms with Gasteiger partial charge in [-0.2, -0.15) is 0 Å². The standard InChI is InChI=1S/C18H18FN3O5S/c1-10-17(23)21-15-8-11(4-7-16(15)27-10)20-18(24)13-9-12(5-6-14(13)19)28(25,26)22(2)3/h4-10H,1-3H3,(H,20,24)(H,21,23)/t10-/m0/s1. The van der Waals surface area contributed by atoms with Crippen molar-refractivity contribution in [3.8, 4) is 5.75 Å². The molecule has 0 aromatic heterocycles. The Balaban J connectivity index is 1.88. The number of halogens is 1. The number of carbonyl (C=O) groups excluding carboxylic acids is 2. The smallest absolute Gasteiger partial charge is 0.265 e. The summed E-state index contributed by atoms with van der Waals surface area (Å²) in [6, 6.07) is 7.55. The minimum absolute atomic E-state index is 0.204. The summed E-state index contributed by atoms with van der Waals surface area (Å²) in [4.78, 5) is 24.0. The highest BCUT2D eigenvalue weighted by atomic mass is 32.2. The van der Waals surface area contributed by atoms with E-state index in [1.807, 2.05) is 0 Å². The highest BCUT2D eigenvalue weighted by molar-refractivity contribution is 7.89. The lowest BCUT2D eigenvalue weighted by molar-refractivity contribution is -0.122. The molecule has 0 radical (unpaired) electrons. The van der Waals surface area contributed by atoms with Gasteiger partial charge in [0.1, 0.15) is 11.6 Å². The van der Waals surface area contributed by atoms with Gasteiger partial charge in [-0.1, -0.05) is 0 Å². The highest BCUT2D eigenvalue weighted by Gasteiger charge is 2.25. The number of benzene rings is 2. The van der Waals surface area contributed by atoms with Crippen molar-refractivity contribution in [3.63, 3.8) is 0 Å². The fourth-order valence-electron chi connectivity index (χ4n) is 2.53. The van der Waals surface area contributed by atoms with E-state index in [9.17, 15) is 22.4 Å². The number of carbonyl (C=O) groups is 2. The van der Waals surface area contributed by atoms with Crippen molar-refractivity contribution in [1.82, 2.24) is 4.31 Å². The van der Waals surface area contributed by atoms with Crippen LogP contribution in [0.25, 0.3) is 0 Å². The van der Waals surface area contributed by atoms with E-state index in [-0.39, 0.29) is 16.5 Å². The van der Waals surface area contributed by atoms with Gasteiger partial charge in [0.2, 0.25) is 10.0 Å². The molecule has 0 unspecified atom stereocenters. The Morgan fingerprint density at radius 3 is 2.61 bits per heavy atom. The molecule has 10 heteroatoms. The molecular weight excluding hydrogens is 389 g/mol. The molecule has 2 aromatic carbocycles. The van der Waals surface area contributed by atoms with Crippen LogP contribution in [0.4, 0.5) is 15.8 Å². The SMILES string of the molecule is C[C@@H]1Oc2ccc(NC(=O)c3cc(S(=O)(=O)N(C)C)ccc3F)cc2NC1=O. The lowest BCUT2D eigenvalue weighted by Gasteiger charge is -2.23. The van der Waals surface area contributed by atoms with Gasteiger partial charge in [-0.25, -0.2) is 17.1 Å². The van der Waals surface area contributed by atoms with E-state index in [1.54, 1.807) is 13.0 Å². The molecule has 0 saturated carbocycles. The molecule has 0 bridgehead atoms. The molecule has 1 atom stereocenters. The van der Waals surface area contributed by atoms with E-state index >= 15 is 0 Å². The summed E-state index contributed by atoms with van der Waals surface area (Å²) in [7, 11) is -1.15. The number of sulfonamides is 1. The first kappa shape index (κ1) is 19.8. The second-order valence-corrected chi connectivity index (χ2v) is 8.50. The van der Waals surface area contributed by atoms with Gasteiger partial charge < -0.3 is 15.4 Å². The van der Waals surface area contributed by atoms with Crippen molar-refractivity contribution in [2.45, 2.75) is 17.9 Å². The van der Waals surface area contributed by atoms with Crippen LogP contribution in [0.1, 0.15) is 17.3 Å². The van der Waals surface area contributed by atoms with E-state index < -0.39 is 33.4 Å². The first-order valence-electron chi connectivity index (χ1n) is 8.24. The summed E-state index contributed by atoms with van der Waals surface area (Å²) in [5.41, 5.74) is 0.224. The molecule has 1 heterocycles. The number of fused-ring (bicyclic) bond motifs is 1. The normalized spacial score (nSPS) is 16.2. The molecule has 2 amide bonds. The third kappa shape index (κ3) is 3.69. The van der Waals surface area contributed by atoms with Crippen LogP contribution in [0.15, 0.2) is 41.3 Å². The number of nitrogens with zero attached hydrogens (tertiary/aromatic N) is 1. The number of rotatable bonds is 4. The van der Waals surface area contributed by atoms with E-state index in [1.165, 1.54) is 26.2 Å². The molecule has 0 saturated heterocycles. The largest absolute Gasteiger partial charge is 0.479 e. The zero-order valence-electron chi connectivity index (χ0n) is 15.3. The maximum atomic E-state index is 14.1. The van der Waals surface area contributed by atoms with Gasteiger partial charge >= 0.3 is 0 Å².